The third kappa shape index (κ3) is 5.52. The summed E-state index contributed by atoms with van der Waals surface area (Å²) < 4.78 is 41.6. The van der Waals surface area contributed by atoms with Crippen LogP contribution >= 0.6 is 0 Å². The van der Waals surface area contributed by atoms with Gasteiger partial charge in [0, 0.05) is 13.1 Å². The van der Waals surface area contributed by atoms with Crippen LogP contribution in [-0.2, 0) is 23.0 Å². The van der Waals surface area contributed by atoms with Crippen LogP contribution in [0.4, 0.5) is 4.39 Å². The molecule has 3 rings (SSSR count). The molecule has 0 aliphatic rings. The molecule has 0 atom stereocenters. The first-order chi connectivity index (χ1) is 14.4. The summed E-state index contributed by atoms with van der Waals surface area (Å²) >= 11 is 0. The smallest absolute Gasteiger partial charge is 0.254 e. The Hall–Kier alpha value is -3.04. The predicted molar refractivity (Wildman–Crippen MR) is 112 cm³/mol. The van der Waals surface area contributed by atoms with Gasteiger partial charge in [-0.05, 0) is 36.2 Å². The molecule has 0 saturated heterocycles. The van der Waals surface area contributed by atoms with Crippen LogP contribution in [0.25, 0.3) is 5.69 Å². The Labute approximate surface area is 175 Å². The highest BCUT2D eigenvalue weighted by Gasteiger charge is 2.18. The van der Waals surface area contributed by atoms with Gasteiger partial charge in [-0.25, -0.2) is 22.2 Å². The van der Waals surface area contributed by atoms with Crippen LogP contribution in [0.15, 0.2) is 60.8 Å². The number of rotatable bonds is 9. The maximum absolute atomic E-state index is 13.2. The zero-order chi connectivity index (χ0) is 21.6. The summed E-state index contributed by atoms with van der Waals surface area (Å²) in [5.74, 6) is -0.999. The van der Waals surface area contributed by atoms with Gasteiger partial charge in [-0.15, -0.1) is 0 Å². The van der Waals surface area contributed by atoms with E-state index in [0.717, 1.165) is 5.56 Å². The zero-order valence-corrected chi connectivity index (χ0v) is 17.3. The van der Waals surface area contributed by atoms with Gasteiger partial charge in [0.05, 0.1) is 28.9 Å². The standard InChI is InChI=1S/C21H23FN4O3S/c1-2-20-19(15-24-26(20)18-10-8-17(22)9-11-18)21(27)23-12-13-30(28,29)25-14-16-6-4-3-5-7-16/h3-11,15,25H,2,12-14H2,1H3,(H,23,27). The Balaban J connectivity index is 1.59. The average molecular weight is 431 g/mol. The van der Waals surface area contributed by atoms with E-state index in [2.05, 4.69) is 15.1 Å². The third-order valence-corrected chi connectivity index (χ3v) is 5.84. The summed E-state index contributed by atoms with van der Waals surface area (Å²) in [6.07, 6.45) is 1.96. The lowest BCUT2D eigenvalue weighted by Crippen LogP contribution is -2.34. The van der Waals surface area contributed by atoms with E-state index in [9.17, 15) is 17.6 Å². The van der Waals surface area contributed by atoms with Crippen LogP contribution in [0, 0.1) is 5.82 Å². The van der Waals surface area contributed by atoms with Gasteiger partial charge in [0.2, 0.25) is 10.0 Å². The molecule has 7 nitrogen and oxygen atoms in total. The van der Waals surface area contributed by atoms with E-state index in [1.807, 2.05) is 37.3 Å². The lowest BCUT2D eigenvalue weighted by molar-refractivity contribution is 0.0955. The molecule has 0 aliphatic carbocycles. The monoisotopic (exact) mass is 430 g/mol. The molecule has 2 N–H and O–H groups in total. The lowest BCUT2D eigenvalue weighted by Gasteiger charge is -2.10. The van der Waals surface area contributed by atoms with Crippen LogP contribution < -0.4 is 10.0 Å². The summed E-state index contributed by atoms with van der Waals surface area (Å²) in [5.41, 5.74) is 2.51. The van der Waals surface area contributed by atoms with Crippen LogP contribution in [0.2, 0.25) is 0 Å². The largest absolute Gasteiger partial charge is 0.351 e. The molecule has 0 saturated carbocycles. The first-order valence-electron chi connectivity index (χ1n) is 9.52. The Bertz CT molecular complexity index is 1100. The van der Waals surface area contributed by atoms with E-state index in [-0.39, 0.29) is 24.7 Å². The van der Waals surface area contributed by atoms with Crippen molar-refractivity contribution in [2.75, 3.05) is 12.3 Å². The minimum atomic E-state index is -3.54. The van der Waals surface area contributed by atoms with Gasteiger partial charge in [-0.2, -0.15) is 5.10 Å². The third-order valence-electron chi connectivity index (χ3n) is 4.51. The Morgan fingerprint density at radius 3 is 2.47 bits per heavy atom. The number of benzene rings is 2. The van der Waals surface area contributed by atoms with Crippen molar-refractivity contribution in [1.82, 2.24) is 19.8 Å². The number of carbonyl (C=O) groups excluding carboxylic acids is 1. The summed E-state index contributed by atoms with van der Waals surface area (Å²) in [6, 6.07) is 15.0. The highest BCUT2D eigenvalue weighted by molar-refractivity contribution is 7.89. The van der Waals surface area contributed by atoms with Crippen LogP contribution in [0.5, 0.6) is 0 Å². The molecular formula is C21H23FN4O3S. The molecule has 30 heavy (non-hydrogen) atoms. The topological polar surface area (TPSA) is 93.1 Å². The normalized spacial score (nSPS) is 11.4. The van der Waals surface area contributed by atoms with E-state index in [0.29, 0.717) is 23.4 Å². The van der Waals surface area contributed by atoms with E-state index < -0.39 is 15.9 Å². The van der Waals surface area contributed by atoms with Crippen molar-refractivity contribution in [2.24, 2.45) is 0 Å². The Kier molecular flexibility index (Phi) is 6.96. The van der Waals surface area contributed by atoms with Crippen molar-refractivity contribution < 1.29 is 17.6 Å². The van der Waals surface area contributed by atoms with Gasteiger partial charge >= 0.3 is 0 Å². The van der Waals surface area contributed by atoms with Gasteiger partial charge in [0.1, 0.15) is 5.82 Å². The molecule has 158 valence electrons. The van der Waals surface area contributed by atoms with Gasteiger partial charge in [-0.1, -0.05) is 37.3 Å². The van der Waals surface area contributed by atoms with Crippen molar-refractivity contribution in [3.05, 3.63) is 83.4 Å². The minimum Gasteiger partial charge on any atom is -0.351 e. The molecule has 0 radical (unpaired) electrons. The van der Waals surface area contributed by atoms with Crippen molar-refractivity contribution in [3.8, 4) is 5.69 Å². The van der Waals surface area contributed by atoms with Gasteiger partial charge in [-0.3, -0.25) is 4.79 Å². The molecule has 0 bridgehead atoms. The molecule has 3 aromatic rings. The highest BCUT2D eigenvalue weighted by atomic mass is 32.2. The van der Waals surface area contributed by atoms with E-state index in [1.54, 1.807) is 16.8 Å². The average Bonchev–Trinajstić information content (AvgIpc) is 3.18. The number of aromatic nitrogens is 2. The number of nitrogens with one attached hydrogen (secondary N) is 2. The maximum atomic E-state index is 13.2. The second-order valence-corrected chi connectivity index (χ2v) is 8.55. The second kappa shape index (κ2) is 9.64. The van der Waals surface area contributed by atoms with E-state index in [1.165, 1.54) is 18.3 Å². The molecule has 0 aliphatic heterocycles. The summed E-state index contributed by atoms with van der Waals surface area (Å²) in [5, 5.41) is 6.86. The number of amides is 1. The Morgan fingerprint density at radius 2 is 1.80 bits per heavy atom. The fourth-order valence-electron chi connectivity index (χ4n) is 2.96. The maximum Gasteiger partial charge on any atom is 0.254 e. The predicted octanol–water partition coefficient (Wildman–Crippen LogP) is 2.42. The number of nitrogens with zero attached hydrogens (tertiary/aromatic N) is 2. The molecule has 9 heteroatoms. The number of sulfonamides is 1. The van der Waals surface area contributed by atoms with Gasteiger partial charge in [0.25, 0.3) is 5.91 Å². The number of hydrogen-bond acceptors (Lipinski definition) is 4. The van der Waals surface area contributed by atoms with Crippen molar-refractivity contribution in [3.63, 3.8) is 0 Å². The lowest BCUT2D eigenvalue weighted by atomic mass is 10.2. The molecule has 0 spiro atoms. The SMILES string of the molecule is CCc1c(C(=O)NCCS(=O)(=O)NCc2ccccc2)cnn1-c1ccc(F)cc1. The molecular weight excluding hydrogens is 407 g/mol. The molecule has 1 aromatic heterocycles. The molecule has 1 amide bonds. The molecule has 0 fully saturated rings. The van der Waals surface area contributed by atoms with E-state index in [4.69, 9.17) is 0 Å². The van der Waals surface area contributed by atoms with E-state index >= 15 is 0 Å². The fourth-order valence-corrected chi connectivity index (χ4v) is 3.87. The van der Waals surface area contributed by atoms with Gasteiger partial charge < -0.3 is 5.32 Å². The fraction of sp³-hybridized carbons (Fsp3) is 0.238. The quantitative estimate of drug-likeness (QED) is 0.545. The summed E-state index contributed by atoms with van der Waals surface area (Å²) in [7, 11) is -3.54. The Morgan fingerprint density at radius 1 is 1.10 bits per heavy atom. The van der Waals surface area contributed by atoms with Crippen molar-refractivity contribution in [2.45, 2.75) is 19.9 Å². The van der Waals surface area contributed by atoms with Crippen LogP contribution in [0.1, 0.15) is 28.5 Å². The number of hydrogen-bond donors (Lipinski definition) is 2. The zero-order valence-electron chi connectivity index (χ0n) is 16.5. The van der Waals surface area contributed by atoms with Crippen LogP contribution in [-0.4, -0.2) is 36.4 Å². The summed E-state index contributed by atoms with van der Waals surface area (Å²) in [4.78, 5) is 12.5. The first-order valence-corrected chi connectivity index (χ1v) is 11.2. The van der Waals surface area contributed by atoms with Crippen molar-refractivity contribution in [1.29, 1.82) is 0 Å². The molecule has 2 aromatic carbocycles. The first kappa shape index (κ1) is 21.7. The van der Waals surface area contributed by atoms with Crippen molar-refractivity contribution >= 4 is 15.9 Å². The molecule has 0 unspecified atom stereocenters. The second-order valence-electron chi connectivity index (χ2n) is 6.63. The van der Waals surface area contributed by atoms with Crippen LogP contribution in [0.3, 0.4) is 0 Å². The van der Waals surface area contributed by atoms with Gasteiger partial charge in [0.15, 0.2) is 0 Å². The molecule has 1 heterocycles. The number of halogens is 1. The highest BCUT2D eigenvalue weighted by Crippen LogP contribution is 2.16. The minimum absolute atomic E-state index is 0.0339. The number of carbonyl (C=O) groups is 1. The summed E-state index contributed by atoms with van der Waals surface area (Å²) in [6.45, 7) is 2.04.